The quantitative estimate of drug-likeness (QED) is 0.408. The Kier molecular flexibility index (Phi) is 4.37. The molecule has 6 nitrogen and oxygen atoms in total. The number of hydrogen-bond acceptors (Lipinski definition) is 4. The smallest absolute Gasteiger partial charge is 0.216 e. The first-order valence-electron chi connectivity index (χ1n) is 8.27. The van der Waals surface area contributed by atoms with E-state index in [9.17, 15) is 0 Å². The van der Waals surface area contributed by atoms with Gasteiger partial charge in [-0.1, -0.05) is 30.3 Å². The highest BCUT2D eigenvalue weighted by molar-refractivity contribution is 7.71. The molecule has 0 saturated heterocycles. The van der Waals surface area contributed by atoms with Crippen molar-refractivity contribution >= 4 is 29.3 Å². The highest BCUT2D eigenvalue weighted by Gasteiger charge is 2.09. The van der Waals surface area contributed by atoms with Crippen LogP contribution in [0.3, 0.4) is 0 Å². The summed E-state index contributed by atoms with van der Waals surface area (Å²) in [5.41, 5.74) is 2.92. The number of benzene rings is 2. The van der Waals surface area contributed by atoms with E-state index in [4.69, 9.17) is 17.0 Å². The van der Waals surface area contributed by atoms with Gasteiger partial charge in [0.25, 0.3) is 0 Å². The van der Waals surface area contributed by atoms with Crippen LogP contribution in [-0.2, 0) is 0 Å². The van der Waals surface area contributed by atoms with Crippen molar-refractivity contribution < 1.29 is 4.74 Å². The Morgan fingerprint density at radius 2 is 2.12 bits per heavy atom. The van der Waals surface area contributed by atoms with E-state index in [1.165, 1.54) is 0 Å². The Hall–Kier alpha value is -3.19. The minimum Gasteiger partial charge on any atom is -0.494 e. The normalized spacial score (nSPS) is 11.4. The van der Waals surface area contributed by atoms with Gasteiger partial charge in [-0.2, -0.15) is 14.9 Å². The number of aromatic amines is 2. The van der Waals surface area contributed by atoms with Crippen LogP contribution < -0.4 is 4.74 Å². The molecular formula is C19H17N5OS. The Labute approximate surface area is 155 Å². The second-order valence-corrected chi connectivity index (χ2v) is 6.05. The fourth-order valence-corrected chi connectivity index (χ4v) is 2.98. The zero-order valence-corrected chi connectivity index (χ0v) is 15.0. The van der Waals surface area contributed by atoms with Gasteiger partial charge in [0.2, 0.25) is 4.77 Å². The summed E-state index contributed by atoms with van der Waals surface area (Å²) in [6.07, 6.45) is 3.70. The zero-order chi connectivity index (χ0) is 17.9. The van der Waals surface area contributed by atoms with E-state index in [1.54, 1.807) is 10.9 Å². The molecule has 0 radical (unpaired) electrons. The number of ether oxygens (including phenoxy) is 1. The Morgan fingerprint density at radius 3 is 3.00 bits per heavy atom. The number of para-hydroxylation sites is 1. The van der Waals surface area contributed by atoms with Gasteiger partial charge in [0.1, 0.15) is 5.75 Å². The van der Waals surface area contributed by atoms with Gasteiger partial charge in [0.15, 0.2) is 5.82 Å². The van der Waals surface area contributed by atoms with Crippen LogP contribution in [0.2, 0.25) is 0 Å². The largest absolute Gasteiger partial charge is 0.494 e. The maximum Gasteiger partial charge on any atom is 0.216 e. The molecule has 0 aliphatic rings. The molecule has 26 heavy (non-hydrogen) atoms. The second-order valence-electron chi connectivity index (χ2n) is 5.66. The number of fused-ring (bicyclic) bond motifs is 1. The number of rotatable bonds is 5. The predicted octanol–water partition coefficient (Wildman–Crippen LogP) is 4.37. The molecule has 130 valence electrons. The molecule has 4 aromatic rings. The molecule has 2 aromatic carbocycles. The predicted molar refractivity (Wildman–Crippen MR) is 105 cm³/mol. The molecule has 0 bridgehead atoms. The molecule has 0 saturated carbocycles. The van der Waals surface area contributed by atoms with E-state index in [1.807, 2.05) is 61.7 Å². The summed E-state index contributed by atoms with van der Waals surface area (Å²) < 4.78 is 7.61. The molecule has 0 spiro atoms. The Bertz CT molecular complexity index is 1140. The van der Waals surface area contributed by atoms with Gasteiger partial charge < -0.3 is 9.72 Å². The topological polar surface area (TPSA) is 71.0 Å². The first-order chi connectivity index (χ1) is 12.8. The summed E-state index contributed by atoms with van der Waals surface area (Å²) in [6, 6.07) is 15.8. The molecule has 7 heteroatoms. The van der Waals surface area contributed by atoms with Crippen LogP contribution in [0.4, 0.5) is 0 Å². The molecule has 2 N–H and O–H groups in total. The molecule has 2 aromatic heterocycles. The van der Waals surface area contributed by atoms with E-state index in [0.717, 1.165) is 27.8 Å². The van der Waals surface area contributed by atoms with Crippen molar-refractivity contribution in [1.29, 1.82) is 0 Å². The third-order valence-corrected chi connectivity index (χ3v) is 4.25. The van der Waals surface area contributed by atoms with E-state index in [0.29, 0.717) is 17.2 Å². The van der Waals surface area contributed by atoms with Crippen molar-refractivity contribution in [1.82, 2.24) is 19.9 Å². The lowest BCUT2D eigenvalue weighted by Gasteiger charge is -2.05. The standard InChI is InChI=1S/C19H17N5OS/c1-2-25-15-7-5-6-13(10-15)18-22-23-19(26)24(18)21-12-14-11-20-17-9-4-3-8-16(14)17/h3-12,20H,2H2,1H3,(H,23,26)/b21-12+. The van der Waals surface area contributed by atoms with E-state index in [-0.39, 0.29) is 0 Å². The lowest BCUT2D eigenvalue weighted by molar-refractivity contribution is 0.340. The highest BCUT2D eigenvalue weighted by Crippen LogP contribution is 2.23. The summed E-state index contributed by atoms with van der Waals surface area (Å²) in [6.45, 7) is 2.56. The third-order valence-electron chi connectivity index (χ3n) is 3.99. The molecular weight excluding hydrogens is 346 g/mol. The SMILES string of the molecule is CCOc1cccc(-c2n[nH]c(=S)n2/N=C/c2c[nH]c3ccccc23)c1. The third kappa shape index (κ3) is 3.04. The number of H-pyrrole nitrogens is 2. The fourth-order valence-electron chi connectivity index (χ4n) is 2.80. The lowest BCUT2D eigenvalue weighted by atomic mass is 10.2. The monoisotopic (exact) mass is 363 g/mol. The first kappa shape index (κ1) is 16.3. The van der Waals surface area contributed by atoms with E-state index in [2.05, 4.69) is 20.3 Å². The number of nitrogens with zero attached hydrogens (tertiary/aromatic N) is 3. The van der Waals surface area contributed by atoms with Gasteiger partial charge in [-0.05, 0) is 37.3 Å². The van der Waals surface area contributed by atoms with Gasteiger partial charge >= 0.3 is 0 Å². The maximum absolute atomic E-state index is 5.57. The molecule has 0 unspecified atom stereocenters. The van der Waals surface area contributed by atoms with Crippen molar-refractivity contribution in [3.8, 4) is 17.1 Å². The van der Waals surface area contributed by atoms with Gasteiger partial charge in [-0.15, -0.1) is 0 Å². The molecule has 4 rings (SSSR count). The van der Waals surface area contributed by atoms with Crippen LogP contribution in [0.5, 0.6) is 5.75 Å². The van der Waals surface area contributed by atoms with Crippen molar-refractivity contribution in [2.24, 2.45) is 5.10 Å². The van der Waals surface area contributed by atoms with Crippen LogP contribution >= 0.6 is 12.2 Å². The Morgan fingerprint density at radius 1 is 1.23 bits per heavy atom. The van der Waals surface area contributed by atoms with E-state index >= 15 is 0 Å². The van der Waals surface area contributed by atoms with Crippen LogP contribution in [0, 0.1) is 4.77 Å². The van der Waals surface area contributed by atoms with Crippen molar-refractivity contribution in [3.05, 3.63) is 65.1 Å². The van der Waals surface area contributed by atoms with Gasteiger partial charge in [-0.25, -0.2) is 5.10 Å². The molecule has 0 amide bonds. The van der Waals surface area contributed by atoms with Gasteiger partial charge in [0, 0.05) is 28.2 Å². The number of nitrogens with one attached hydrogen (secondary N) is 2. The maximum atomic E-state index is 5.57. The van der Waals surface area contributed by atoms with Crippen molar-refractivity contribution in [3.63, 3.8) is 0 Å². The molecule has 2 heterocycles. The zero-order valence-electron chi connectivity index (χ0n) is 14.1. The molecule has 0 aliphatic heterocycles. The minimum absolute atomic E-state index is 0.429. The van der Waals surface area contributed by atoms with Crippen LogP contribution in [0.25, 0.3) is 22.3 Å². The summed E-state index contributed by atoms with van der Waals surface area (Å²) in [4.78, 5) is 3.23. The van der Waals surface area contributed by atoms with Crippen LogP contribution in [0.15, 0.2) is 59.8 Å². The lowest BCUT2D eigenvalue weighted by Crippen LogP contribution is -1.96. The summed E-state index contributed by atoms with van der Waals surface area (Å²) in [5, 5.41) is 12.8. The average Bonchev–Trinajstić information content (AvgIpc) is 3.24. The van der Waals surface area contributed by atoms with Crippen LogP contribution in [-0.4, -0.2) is 32.7 Å². The molecule has 0 aliphatic carbocycles. The average molecular weight is 363 g/mol. The minimum atomic E-state index is 0.429. The Balaban J connectivity index is 1.73. The van der Waals surface area contributed by atoms with Gasteiger partial charge in [0.05, 0.1) is 12.8 Å². The first-order valence-corrected chi connectivity index (χ1v) is 8.68. The van der Waals surface area contributed by atoms with Crippen LogP contribution in [0.1, 0.15) is 12.5 Å². The fraction of sp³-hybridized carbons (Fsp3) is 0.105. The highest BCUT2D eigenvalue weighted by atomic mass is 32.1. The van der Waals surface area contributed by atoms with E-state index < -0.39 is 0 Å². The summed E-state index contributed by atoms with van der Waals surface area (Å²) in [7, 11) is 0. The summed E-state index contributed by atoms with van der Waals surface area (Å²) >= 11 is 5.34. The number of hydrogen-bond donors (Lipinski definition) is 2. The molecule has 0 fully saturated rings. The van der Waals surface area contributed by atoms with Gasteiger partial charge in [-0.3, -0.25) is 0 Å². The second kappa shape index (κ2) is 6.97. The van der Waals surface area contributed by atoms with Crippen molar-refractivity contribution in [2.45, 2.75) is 6.92 Å². The number of aromatic nitrogens is 4. The molecule has 0 atom stereocenters. The summed E-state index contributed by atoms with van der Waals surface area (Å²) in [5.74, 6) is 1.42. The van der Waals surface area contributed by atoms with Crippen molar-refractivity contribution in [2.75, 3.05) is 6.61 Å².